The highest BCUT2D eigenvalue weighted by Gasteiger charge is 2.37. The summed E-state index contributed by atoms with van der Waals surface area (Å²) in [7, 11) is -2.44. The van der Waals surface area contributed by atoms with Gasteiger partial charge in [-0.25, -0.2) is 8.42 Å². The Morgan fingerprint density at radius 1 is 1.00 bits per heavy atom. The first-order valence-corrected chi connectivity index (χ1v) is 13.5. The molecule has 1 heterocycles. The fourth-order valence-electron chi connectivity index (χ4n) is 3.95. The van der Waals surface area contributed by atoms with E-state index >= 15 is 0 Å². The van der Waals surface area contributed by atoms with Crippen molar-refractivity contribution in [1.29, 1.82) is 0 Å². The van der Waals surface area contributed by atoms with E-state index in [-0.39, 0.29) is 30.0 Å². The zero-order valence-corrected chi connectivity index (χ0v) is 22.2. The highest BCUT2D eigenvalue weighted by Crippen LogP contribution is 2.37. The van der Waals surface area contributed by atoms with Crippen LogP contribution in [0.1, 0.15) is 26.3 Å². The van der Waals surface area contributed by atoms with Crippen molar-refractivity contribution in [3.8, 4) is 17.2 Å². The molecule has 1 amide bonds. The molecule has 8 nitrogen and oxygen atoms in total. The zero-order valence-electron chi connectivity index (χ0n) is 21.4. The lowest BCUT2D eigenvalue weighted by Crippen LogP contribution is -2.51. The van der Waals surface area contributed by atoms with Gasteiger partial charge in [0.05, 0.1) is 30.8 Å². The minimum Gasteiger partial charge on any atom is -0.497 e. The second-order valence-electron chi connectivity index (χ2n) is 9.70. The maximum atomic E-state index is 13.5. The Hall–Kier alpha value is -3.72. The average Bonchev–Trinajstić information content (AvgIpc) is 2.90. The monoisotopic (exact) mass is 524 g/mol. The third kappa shape index (κ3) is 5.99. The number of para-hydroxylation sites is 2. The van der Waals surface area contributed by atoms with Gasteiger partial charge in [0.25, 0.3) is 15.9 Å². The Morgan fingerprint density at radius 2 is 1.65 bits per heavy atom. The molecule has 0 bridgehead atoms. The van der Waals surface area contributed by atoms with Crippen molar-refractivity contribution in [3.05, 3.63) is 78.4 Å². The summed E-state index contributed by atoms with van der Waals surface area (Å²) in [6.07, 6.45) is -1.02. The second-order valence-corrected chi connectivity index (χ2v) is 11.6. The number of ether oxygens (including phenoxy) is 3. The molecular formula is C28H32N2O6S. The summed E-state index contributed by atoms with van der Waals surface area (Å²) in [5.74, 6) is 1.16. The van der Waals surface area contributed by atoms with Gasteiger partial charge in [-0.15, -0.1) is 0 Å². The molecule has 4 rings (SSSR count). The second kappa shape index (κ2) is 10.7. The molecule has 1 atom stereocenters. The molecule has 0 spiro atoms. The molecule has 0 fully saturated rings. The number of methoxy groups -OCH3 is 1. The molecule has 0 saturated heterocycles. The van der Waals surface area contributed by atoms with E-state index in [1.54, 1.807) is 36.4 Å². The molecule has 196 valence electrons. The summed E-state index contributed by atoms with van der Waals surface area (Å²) in [5, 5.41) is 2.79. The molecule has 0 aromatic heterocycles. The van der Waals surface area contributed by atoms with E-state index in [2.05, 4.69) is 26.1 Å². The van der Waals surface area contributed by atoms with Gasteiger partial charge in [0, 0.05) is 0 Å². The summed E-state index contributed by atoms with van der Waals surface area (Å²) >= 11 is 0. The Bertz CT molecular complexity index is 1330. The number of nitrogens with zero attached hydrogens (tertiary/aromatic N) is 1. The van der Waals surface area contributed by atoms with Crippen LogP contribution in [0.5, 0.6) is 17.2 Å². The van der Waals surface area contributed by atoms with E-state index in [0.29, 0.717) is 22.9 Å². The molecule has 0 radical (unpaired) electrons. The number of anilines is 1. The number of nitrogens with one attached hydrogen (secondary N) is 1. The third-order valence-electron chi connectivity index (χ3n) is 6.07. The molecule has 1 aliphatic heterocycles. The van der Waals surface area contributed by atoms with Gasteiger partial charge in [0.1, 0.15) is 23.9 Å². The van der Waals surface area contributed by atoms with Gasteiger partial charge in [0.2, 0.25) is 0 Å². The van der Waals surface area contributed by atoms with Crippen molar-refractivity contribution in [2.45, 2.75) is 37.2 Å². The predicted molar refractivity (Wildman–Crippen MR) is 142 cm³/mol. The maximum Gasteiger partial charge on any atom is 0.264 e. The summed E-state index contributed by atoms with van der Waals surface area (Å²) < 4.78 is 45.0. The van der Waals surface area contributed by atoms with Gasteiger partial charge in [-0.05, 0) is 59.5 Å². The van der Waals surface area contributed by atoms with Crippen molar-refractivity contribution < 1.29 is 27.4 Å². The minimum atomic E-state index is -3.95. The first-order chi connectivity index (χ1) is 17.6. The molecule has 0 saturated carbocycles. The smallest absolute Gasteiger partial charge is 0.264 e. The highest BCUT2D eigenvalue weighted by atomic mass is 32.2. The number of rotatable bonds is 8. The van der Waals surface area contributed by atoms with Crippen molar-refractivity contribution in [3.63, 3.8) is 0 Å². The average molecular weight is 525 g/mol. The summed E-state index contributed by atoms with van der Waals surface area (Å²) in [5.41, 5.74) is 1.64. The Morgan fingerprint density at radius 3 is 2.30 bits per heavy atom. The van der Waals surface area contributed by atoms with Crippen molar-refractivity contribution >= 4 is 21.6 Å². The van der Waals surface area contributed by atoms with Crippen LogP contribution in [-0.4, -0.2) is 47.2 Å². The van der Waals surface area contributed by atoms with E-state index < -0.39 is 22.0 Å². The minimum absolute atomic E-state index is 0.0554. The third-order valence-corrected chi connectivity index (χ3v) is 7.86. The van der Waals surface area contributed by atoms with Gasteiger partial charge in [-0.2, -0.15) is 0 Å². The van der Waals surface area contributed by atoms with Crippen LogP contribution < -0.4 is 23.8 Å². The van der Waals surface area contributed by atoms with Crippen LogP contribution in [0.4, 0.5) is 5.69 Å². The number of benzene rings is 3. The van der Waals surface area contributed by atoms with Crippen LogP contribution in [0.2, 0.25) is 0 Å². The van der Waals surface area contributed by atoms with Crippen LogP contribution in [0.25, 0.3) is 0 Å². The Labute approximate surface area is 218 Å². The number of hydrogen-bond donors (Lipinski definition) is 1. The molecule has 1 unspecified atom stereocenters. The largest absolute Gasteiger partial charge is 0.497 e. The first-order valence-electron chi connectivity index (χ1n) is 12.0. The van der Waals surface area contributed by atoms with Crippen molar-refractivity contribution in [1.82, 2.24) is 5.32 Å². The van der Waals surface area contributed by atoms with Crippen LogP contribution >= 0.6 is 0 Å². The summed E-state index contributed by atoms with van der Waals surface area (Å²) in [6, 6.07) is 20.8. The van der Waals surface area contributed by atoms with E-state index in [0.717, 1.165) is 0 Å². The van der Waals surface area contributed by atoms with Crippen LogP contribution in [0, 0.1) is 0 Å². The number of carbonyl (C=O) groups excluding carboxylic acids is 1. The number of amides is 1. The van der Waals surface area contributed by atoms with Gasteiger partial charge in [0.15, 0.2) is 6.10 Å². The first kappa shape index (κ1) is 26.3. The predicted octanol–water partition coefficient (Wildman–Crippen LogP) is 4.14. The zero-order chi connectivity index (χ0) is 26.6. The molecule has 1 N–H and O–H groups in total. The normalized spacial score (nSPS) is 15.4. The van der Waals surface area contributed by atoms with Crippen LogP contribution in [0.3, 0.4) is 0 Å². The Kier molecular flexibility index (Phi) is 7.63. The maximum absolute atomic E-state index is 13.5. The summed E-state index contributed by atoms with van der Waals surface area (Å²) in [6.45, 7) is 6.78. The van der Waals surface area contributed by atoms with E-state index in [1.165, 1.54) is 29.1 Å². The molecule has 1 aliphatic rings. The highest BCUT2D eigenvalue weighted by molar-refractivity contribution is 7.92. The molecule has 9 heteroatoms. The van der Waals surface area contributed by atoms with E-state index in [1.807, 2.05) is 24.3 Å². The van der Waals surface area contributed by atoms with Gasteiger partial charge in [-0.1, -0.05) is 45.0 Å². The molecular weight excluding hydrogens is 492 g/mol. The Balaban J connectivity index is 1.41. The molecule has 37 heavy (non-hydrogen) atoms. The number of sulfonamides is 1. The van der Waals surface area contributed by atoms with Crippen LogP contribution in [0.15, 0.2) is 77.7 Å². The molecule has 3 aromatic carbocycles. The standard InChI is InChI=1S/C28H32N2O6S/c1-28(2,3)20-9-11-22(12-10-20)35-18-17-29-27(31)26-19-30(24-7-5-6-8-25(24)36-26)37(32,33)23-15-13-21(34-4)14-16-23/h5-16,26H,17-19H2,1-4H3,(H,29,31). The van der Waals surface area contributed by atoms with Gasteiger partial charge < -0.3 is 19.5 Å². The molecule has 3 aromatic rings. The van der Waals surface area contributed by atoms with Crippen molar-refractivity contribution in [2.24, 2.45) is 0 Å². The number of hydrogen-bond acceptors (Lipinski definition) is 6. The lowest BCUT2D eigenvalue weighted by molar-refractivity contribution is -0.127. The van der Waals surface area contributed by atoms with Crippen molar-refractivity contribution in [2.75, 3.05) is 31.1 Å². The number of fused-ring (bicyclic) bond motifs is 1. The quantitative estimate of drug-likeness (QED) is 0.445. The van der Waals surface area contributed by atoms with E-state index in [4.69, 9.17) is 14.2 Å². The van der Waals surface area contributed by atoms with Crippen LogP contribution in [-0.2, 0) is 20.2 Å². The summed E-state index contributed by atoms with van der Waals surface area (Å²) in [4.78, 5) is 13.0. The lowest BCUT2D eigenvalue weighted by Gasteiger charge is -2.34. The lowest BCUT2D eigenvalue weighted by atomic mass is 9.87. The van der Waals surface area contributed by atoms with Gasteiger partial charge >= 0.3 is 0 Å². The molecule has 0 aliphatic carbocycles. The van der Waals surface area contributed by atoms with E-state index in [9.17, 15) is 13.2 Å². The number of carbonyl (C=O) groups is 1. The van der Waals surface area contributed by atoms with Gasteiger partial charge in [-0.3, -0.25) is 9.10 Å². The SMILES string of the molecule is COc1ccc(S(=O)(=O)N2CC(C(=O)NCCOc3ccc(C(C)(C)C)cc3)Oc3ccccc32)cc1. The topological polar surface area (TPSA) is 94.2 Å². The fraction of sp³-hybridized carbons (Fsp3) is 0.321. The fourth-order valence-corrected chi connectivity index (χ4v) is 5.43.